The van der Waals surface area contributed by atoms with Gasteiger partial charge in [-0.2, -0.15) is 79.0 Å². The summed E-state index contributed by atoms with van der Waals surface area (Å²) in [6, 6.07) is 0. The molecule has 0 aromatic heterocycles. The van der Waals surface area contributed by atoms with Crippen LogP contribution in [0, 0.1) is 0 Å². The monoisotopic (exact) mass is 542 g/mol. The molecule has 0 rings (SSSR count). The molecule has 0 atom stereocenters. The molecule has 196 valence electrons. The number of carbonyl (C=O) groups is 2. The SMILES string of the molecule is O=C(OC(=O)C(F)(F)C(F)(F)OC(F)(F)C(F)(F)F)C(F)(F)C(F)(F)OC(F)(F)C(F)(F)F. The molecule has 23 heteroatoms. The van der Waals surface area contributed by atoms with Gasteiger partial charge in [-0.25, -0.2) is 19.1 Å². The van der Waals surface area contributed by atoms with Crippen molar-refractivity contribution in [2.75, 3.05) is 0 Å². The minimum Gasteiger partial charge on any atom is -0.384 e. The van der Waals surface area contributed by atoms with Crippen LogP contribution in [0.2, 0.25) is 0 Å². The van der Waals surface area contributed by atoms with Gasteiger partial charge in [0, 0.05) is 0 Å². The minimum absolute atomic E-state index is 1.38. The van der Waals surface area contributed by atoms with E-state index in [1.54, 1.807) is 0 Å². The largest absolute Gasteiger partial charge is 0.483 e. The first-order valence-corrected chi connectivity index (χ1v) is 6.53. The lowest BCUT2D eigenvalue weighted by molar-refractivity contribution is -0.482. The molecular formula is C10F18O5. The number of ether oxygens (including phenoxy) is 3. The van der Waals surface area contributed by atoms with E-state index in [4.69, 9.17) is 0 Å². The molecule has 0 fully saturated rings. The molecule has 0 aromatic rings. The molecule has 0 saturated heterocycles. The number of alkyl halides is 18. The van der Waals surface area contributed by atoms with E-state index in [0.29, 0.717) is 0 Å². The van der Waals surface area contributed by atoms with Crippen LogP contribution in [0.5, 0.6) is 0 Å². The highest BCUT2D eigenvalue weighted by molar-refractivity contribution is 5.93. The highest BCUT2D eigenvalue weighted by atomic mass is 19.4. The van der Waals surface area contributed by atoms with Gasteiger partial charge in [0.15, 0.2) is 0 Å². The summed E-state index contributed by atoms with van der Waals surface area (Å²) in [6.07, 6.45) is -43.5. The van der Waals surface area contributed by atoms with Gasteiger partial charge in [0.05, 0.1) is 0 Å². The third-order valence-corrected chi connectivity index (χ3v) is 2.60. The topological polar surface area (TPSA) is 61.8 Å². The van der Waals surface area contributed by atoms with Crippen molar-refractivity contribution in [1.29, 1.82) is 0 Å². The molecule has 33 heavy (non-hydrogen) atoms. The van der Waals surface area contributed by atoms with Crippen molar-refractivity contribution in [3.8, 4) is 0 Å². The van der Waals surface area contributed by atoms with Crippen molar-refractivity contribution >= 4 is 11.9 Å². The first kappa shape index (κ1) is 30.8. The summed E-state index contributed by atoms with van der Waals surface area (Å²) < 4.78 is 228. The van der Waals surface area contributed by atoms with Crippen LogP contribution < -0.4 is 0 Å². The van der Waals surface area contributed by atoms with Gasteiger partial charge in [0.1, 0.15) is 0 Å². The fourth-order valence-corrected chi connectivity index (χ4v) is 1.02. The molecule has 0 aliphatic rings. The van der Waals surface area contributed by atoms with Crippen LogP contribution in [0.3, 0.4) is 0 Å². The van der Waals surface area contributed by atoms with Crippen molar-refractivity contribution in [3.05, 3.63) is 0 Å². The summed E-state index contributed by atoms with van der Waals surface area (Å²) in [6.45, 7) is 0. The van der Waals surface area contributed by atoms with Gasteiger partial charge >= 0.3 is 60.6 Å². The van der Waals surface area contributed by atoms with Crippen LogP contribution in [-0.2, 0) is 23.8 Å². The maximum atomic E-state index is 13.1. The van der Waals surface area contributed by atoms with Crippen LogP contribution in [0.25, 0.3) is 0 Å². The van der Waals surface area contributed by atoms with Gasteiger partial charge in [0.25, 0.3) is 0 Å². The Morgan fingerprint density at radius 1 is 0.394 bits per heavy atom. The summed E-state index contributed by atoms with van der Waals surface area (Å²) in [4.78, 5) is 21.3. The quantitative estimate of drug-likeness (QED) is 0.250. The standard InChI is InChI=1S/C10F18O5/c11-3(12,7(21,22)32-9(25,26)5(15,16)17)1(29)31-2(30)4(13,14)8(23,24)33-10(27,28)6(18,19)20. The smallest absolute Gasteiger partial charge is 0.384 e. The molecule has 0 aromatic carbocycles. The first-order valence-electron chi connectivity index (χ1n) is 6.53. The predicted octanol–water partition coefficient (Wildman–Crippen LogP) is 4.86. The Hall–Kier alpha value is -2.20. The van der Waals surface area contributed by atoms with E-state index in [1.807, 2.05) is 4.74 Å². The van der Waals surface area contributed by atoms with Crippen molar-refractivity contribution < 1.29 is 103 Å². The number of carbonyl (C=O) groups excluding carboxylic acids is 2. The van der Waals surface area contributed by atoms with Crippen molar-refractivity contribution in [3.63, 3.8) is 0 Å². The molecular weight excluding hydrogens is 542 g/mol. The van der Waals surface area contributed by atoms with Crippen LogP contribution in [0.15, 0.2) is 0 Å². The molecule has 0 N–H and O–H groups in total. The number of rotatable bonds is 8. The van der Waals surface area contributed by atoms with Crippen molar-refractivity contribution in [1.82, 2.24) is 0 Å². The Labute approximate surface area is 165 Å². The summed E-state index contributed by atoms with van der Waals surface area (Å²) in [5, 5.41) is 0. The summed E-state index contributed by atoms with van der Waals surface area (Å²) in [7, 11) is 0. The lowest BCUT2D eigenvalue weighted by atomic mass is 10.3. The third-order valence-electron chi connectivity index (χ3n) is 2.60. The van der Waals surface area contributed by atoms with Gasteiger partial charge in [-0.05, 0) is 0 Å². The van der Waals surface area contributed by atoms with Crippen LogP contribution in [-0.4, -0.2) is 60.6 Å². The molecule has 0 radical (unpaired) electrons. The maximum absolute atomic E-state index is 13.1. The number of hydrogen-bond acceptors (Lipinski definition) is 5. The van der Waals surface area contributed by atoms with Gasteiger partial charge in [-0.1, -0.05) is 0 Å². The maximum Gasteiger partial charge on any atom is 0.483 e. The average Bonchev–Trinajstić information content (AvgIpc) is 2.49. The van der Waals surface area contributed by atoms with Crippen molar-refractivity contribution in [2.45, 2.75) is 48.6 Å². The van der Waals surface area contributed by atoms with E-state index in [0.717, 1.165) is 0 Å². The van der Waals surface area contributed by atoms with E-state index < -0.39 is 60.6 Å². The van der Waals surface area contributed by atoms with Gasteiger partial charge in [-0.15, -0.1) is 0 Å². The lowest BCUT2D eigenvalue weighted by Gasteiger charge is -2.30. The number of halogens is 18. The molecule has 0 aliphatic heterocycles. The van der Waals surface area contributed by atoms with Gasteiger partial charge < -0.3 is 4.74 Å². The summed E-state index contributed by atoms with van der Waals surface area (Å²) >= 11 is 0. The molecule has 0 saturated carbocycles. The molecule has 0 heterocycles. The van der Waals surface area contributed by atoms with Crippen LogP contribution >= 0.6 is 0 Å². The van der Waals surface area contributed by atoms with Crippen LogP contribution in [0.4, 0.5) is 79.0 Å². The Morgan fingerprint density at radius 3 is 0.788 bits per heavy atom. The van der Waals surface area contributed by atoms with Gasteiger partial charge in [-0.3, -0.25) is 0 Å². The highest BCUT2D eigenvalue weighted by Crippen LogP contribution is 2.48. The second kappa shape index (κ2) is 8.23. The van der Waals surface area contributed by atoms with E-state index >= 15 is 0 Å². The predicted molar refractivity (Wildman–Crippen MR) is 55.1 cm³/mol. The number of hydrogen-bond donors (Lipinski definition) is 0. The summed E-state index contributed by atoms with van der Waals surface area (Å²) in [5.41, 5.74) is 0. The Morgan fingerprint density at radius 2 is 0.606 bits per heavy atom. The van der Waals surface area contributed by atoms with E-state index in [9.17, 15) is 88.6 Å². The average molecular weight is 542 g/mol. The fraction of sp³-hybridized carbons (Fsp3) is 0.800. The molecule has 5 nitrogen and oxygen atoms in total. The Balaban J connectivity index is 5.82. The molecule has 0 amide bonds. The third kappa shape index (κ3) is 6.03. The fourth-order valence-electron chi connectivity index (χ4n) is 1.02. The number of esters is 2. The van der Waals surface area contributed by atoms with Crippen LogP contribution in [0.1, 0.15) is 0 Å². The molecule has 0 unspecified atom stereocenters. The van der Waals surface area contributed by atoms with E-state index in [-0.39, 0.29) is 0 Å². The zero-order chi connectivity index (χ0) is 27.3. The second-order valence-corrected chi connectivity index (χ2v) is 5.09. The van der Waals surface area contributed by atoms with Crippen molar-refractivity contribution in [2.24, 2.45) is 0 Å². The molecule has 0 aliphatic carbocycles. The minimum atomic E-state index is -7.39. The Kier molecular flexibility index (Phi) is 7.68. The zero-order valence-electron chi connectivity index (χ0n) is 13.8. The summed E-state index contributed by atoms with van der Waals surface area (Å²) in [5.74, 6) is -23.8. The second-order valence-electron chi connectivity index (χ2n) is 5.09. The van der Waals surface area contributed by atoms with E-state index in [2.05, 4.69) is 0 Å². The zero-order valence-corrected chi connectivity index (χ0v) is 13.8. The molecule has 0 spiro atoms. The van der Waals surface area contributed by atoms with E-state index in [1.165, 1.54) is 9.47 Å². The lowest BCUT2D eigenvalue weighted by Crippen LogP contribution is -2.58. The highest BCUT2D eigenvalue weighted by Gasteiger charge is 2.76. The molecule has 0 bridgehead atoms. The Bertz CT molecular complexity index is 687. The first-order chi connectivity index (χ1) is 14.0. The van der Waals surface area contributed by atoms with Gasteiger partial charge in [0.2, 0.25) is 0 Å². The normalized spacial score (nSPS) is 15.5.